The van der Waals surface area contributed by atoms with Crippen molar-refractivity contribution in [1.82, 2.24) is 4.98 Å². The number of nitrogens with zero attached hydrogens (tertiary/aromatic N) is 1. The van der Waals surface area contributed by atoms with Crippen LogP contribution in [0.2, 0.25) is 9.49 Å². The van der Waals surface area contributed by atoms with Crippen LogP contribution in [0, 0.1) is 0 Å². The van der Waals surface area contributed by atoms with Crippen molar-refractivity contribution in [1.29, 1.82) is 0 Å². The lowest BCUT2D eigenvalue weighted by atomic mass is 10.2. The average molecular weight is 274 g/mol. The molecule has 2 aromatic heterocycles. The van der Waals surface area contributed by atoms with Gasteiger partial charge in [-0.1, -0.05) is 29.8 Å². The molecule has 16 heavy (non-hydrogen) atoms. The molecule has 5 heteroatoms. The van der Waals surface area contributed by atoms with Crippen LogP contribution in [-0.4, -0.2) is 11.6 Å². The van der Waals surface area contributed by atoms with Gasteiger partial charge in [-0.25, -0.2) is 4.98 Å². The molecule has 0 unspecified atom stereocenters. The van der Waals surface area contributed by atoms with Crippen molar-refractivity contribution in [2.75, 3.05) is 6.61 Å². The quantitative estimate of drug-likeness (QED) is 0.602. The Bertz CT molecular complexity index is 550. The van der Waals surface area contributed by atoms with Gasteiger partial charge in [0.25, 0.3) is 0 Å². The summed E-state index contributed by atoms with van der Waals surface area (Å²) in [5.41, 5.74) is 0.660. The summed E-state index contributed by atoms with van der Waals surface area (Å²) in [4.78, 5) is 4.22. The molecule has 0 bridgehead atoms. The summed E-state index contributed by atoms with van der Waals surface area (Å²) < 4.78 is 7.03. The van der Waals surface area contributed by atoms with Gasteiger partial charge in [-0.05, 0) is 19.1 Å². The number of hydrogen-bond donors (Lipinski definition) is 0. The number of thiophene rings is 1. The maximum Gasteiger partial charge on any atom is 0.138 e. The lowest BCUT2D eigenvalue weighted by molar-refractivity contribution is 0.298. The first-order valence-electron chi connectivity index (χ1n) is 4.69. The summed E-state index contributed by atoms with van der Waals surface area (Å²) in [6.07, 6.45) is 0. The molecule has 0 aliphatic rings. The van der Waals surface area contributed by atoms with E-state index in [1.54, 1.807) is 6.07 Å². The minimum Gasteiger partial charge on any atom is -0.492 e. The molecule has 0 N–H and O–H groups in total. The highest BCUT2D eigenvalue weighted by atomic mass is 35.5. The van der Waals surface area contributed by atoms with Gasteiger partial charge in [0.2, 0.25) is 0 Å². The summed E-state index contributed by atoms with van der Waals surface area (Å²) in [6, 6.07) is 3.64. The van der Waals surface area contributed by atoms with Gasteiger partial charge in [0, 0.05) is 10.1 Å². The van der Waals surface area contributed by atoms with Gasteiger partial charge in [0.1, 0.15) is 16.6 Å². The van der Waals surface area contributed by atoms with Gasteiger partial charge in [0.15, 0.2) is 0 Å². The van der Waals surface area contributed by atoms with E-state index in [2.05, 4.69) is 11.6 Å². The van der Waals surface area contributed by atoms with Crippen molar-refractivity contribution in [2.24, 2.45) is 0 Å². The molecule has 0 radical (unpaired) electrons. The molecule has 2 heterocycles. The summed E-state index contributed by atoms with van der Waals surface area (Å²) in [5, 5.41) is 1.35. The third-order valence-electron chi connectivity index (χ3n) is 2.04. The normalized spacial score (nSPS) is 10.7. The lowest BCUT2D eigenvalue weighted by Gasteiger charge is -2.07. The first-order valence-corrected chi connectivity index (χ1v) is 6.26. The van der Waals surface area contributed by atoms with Gasteiger partial charge >= 0.3 is 0 Å². The zero-order valence-electron chi connectivity index (χ0n) is 8.59. The Labute approximate surface area is 107 Å². The van der Waals surface area contributed by atoms with Gasteiger partial charge in [-0.15, -0.1) is 11.3 Å². The van der Waals surface area contributed by atoms with Crippen LogP contribution in [0.15, 0.2) is 18.7 Å². The van der Waals surface area contributed by atoms with Crippen LogP contribution in [0.4, 0.5) is 0 Å². The van der Waals surface area contributed by atoms with Crippen LogP contribution in [-0.2, 0) is 4.74 Å². The van der Waals surface area contributed by atoms with E-state index in [9.17, 15) is 0 Å². The smallest absolute Gasteiger partial charge is 0.138 e. The van der Waals surface area contributed by atoms with Crippen LogP contribution in [0.25, 0.3) is 15.8 Å². The predicted octanol–water partition coefficient (Wildman–Crippen LogP) is 4.61. The molecular formula is C11H9Cl2NOS. The predicted molar refractivity (Wildman–Crippen MR) is 70.3 cm³/mol. The number of aromatic nitrogens is 1. The fourth-order valence-electron chi connectivity index (χ4n) is 1.43. The summed E-state index contributed by atoms with van der Waals surface area (Å²) in [7, 11) is 0. The number of fused-ring (bicyclic) bond motifs is 1. The Hall–Kier alpha value is -0.770. The molecule has 0 amide bonds. The van der Waals surface area contributed by atoms with E-state index in [-0.39, 0.29) is 0 Å². The number of rotatable bonds is 3. The van der Waals surface area contributed by atoms with Crippen LogP contribution in [0.3, 0.4) is 0 Å². The Morgan fingerprint density at radius 1 is 1.50 bits per heavy atom. The maximum atomic E-state index is 5.97. The number of hydrogen-bond acceptors (Lipinski definition) is 3. The van der Waals surface area contributed by atoms with Crippen LogP contribution in [0.1, 0.15) is 12.6 Å². The zero-order valence-corrected chi connectivity index (χ0v) is 10.9. The van der Waals surface area contributed by atoms with Crippen LogP contribution < -0.4 is 0 Å². The molecule has 0 aliphatic heterocycles. The topological polar surface area (TPSA) is 22.1 Å². The highest BCUT2D eigenvalue weighted by Gasteiger charge is 2.12. The largest absolute Gasteiger partial charge is 0.492 e. The van der Waals surface area contributed by atoms with E-state index in [0.29, 0.717) is 27.5 Å². The third kappa shape index (κ3) is 2.17. The van der Waals surface area contributed by atoms with E-state index < -0.39 is 0 Å². The highest BCUT2D eigenvalue weighted by Crippen LogP contribution is 2.34. The zero-order chi connectivity index (χ0) is 11.7. The Balaban J connectivity index is 2.62. The first-order chi connectivity index (χ1) is 7.61. The Kier molecular flexibility index (Phi) is 3.38. The van der Waals surface area contributed by atoms with Gasteiger partial charge < -0.3 is 4.74 Å². The lowest BCUT2D eigenvalue weighted by Crippen LogP contribution is -1.94. The maximum absolute atomic E-state index is 5.97. The van der Waals surface area contributed by atoms with Crippen LogP contribution in [0.5, 0.6) is 0 Å². The average Bonchev–Trinajstić information content (AvgIpc) is 2.57. The molecule has 0 aliphatic carbocycles. The molecule has 2 nitrogen and oxygen atoms in total. The SMILES string of the molecule is C=C(OCC)c1nc(Cl)cc2sc(Cl)cc12. The van der Waals surface area contributed by atoms with Gasteiger partial charge in [0.05, 0.1) is 10.9 Å². The van der Waals surface area contributed by atoms with Crippen molar-refractivity contribution in [3.8, 4) is 0 Å². The summed E-state index contributed by atoms with van der Waals surface area (Å²) >= 11 is 13.4. The summed E-state index contributed by atoms with van der Waals surface area (Å²) in [5.74, 6) is 0.518. The van der Waals surface area contributed by atoms with Crippen molar-refractivity contribution in [2.45, 2.75) is 6.92 Å². The van der Waals surface area contributed by atoms with E-state index in [1.165, 1.54) is 11.3 Å². The molecule has 0 spiro atoms. The molecule has 0 aromatic carbocycles. The second kappa shape index (κ2) is 4.62. The molecule has 0 saturated heterocycles. The number of halogens is 2. The fraction of sp³-hybridized carbons (Fsp3) is 0.182. The third-order valence-corrected chi connectivity index (χ3v) is 3.44. The molecule has 0 saturated carbocycles. The monoisotopic (exact) mass is 273 g/mol. The van der Waals surface area contributed by atoms with E-state index in [1.807, 2.05) is 13.0 Å². The summed E-state index contributed by atoms with van der Waals surface area (Å²) in [6.45, 7) is 6.28. The van der Waals surface area contributed by atoms with Gasteiger partial charge in [-0.3, -0.25) is 0 Å². The van der Waals surface area contributed by atoms with Crippen LogP contribution >= 0.6 is 34.5 Å². The molecule has 84 valence electrons. The number of ether oxygens (including phenoxy) is 1. The van der Waals surface area contributed by atoms with Crippen molar-refractivity contribution >= 4 is 50.4 Å². The minimum atomic E-state index is 0.418. The second-order valence-electron chi connectivity index (χ2n) is 3.11. The highest BCUT2D eigenvalue weighted by molar-refractivity contribution is 7.22. The van der Waals surface area contributed by atoms with E-state index in [0.717, 1.165) is 10.1 Å². The van der Waals surface area contributed by atoms with E-state index in [4.69, 9.17) is 27.9 Å². The molecule has 0 atom stereocenters. The van der Waals surface area contributed by atoms with Crippen molar-refractivity contribution in [3.63, 3.8) is 0 Å². The Morgan fingerprint density at radius 3 is 2.94 bits per heavy atom. The second-order valence-corrected chi connectivity index (χ2v) is 5.21. The van der Waals surface area contributed by atoms with Gasteiger partial charge in [-0.2, -0.15) is 0 Å². The van der Waals surface area contributed by atoms with Crippen molar-refractivity contribution < 1.29 is 4.74 Å². The van der Waals surface area contributed by atoms with E-state index >= 15 is 0 Å². The molecule has 2 rings (SSSR count). The first kappa shape index (κ1) is 11.7. The molecule has 2 aromatic rings. The fourth-order valence-corrected chi connectivity index (χ4v) is 2.87. The minimum absolute atomic E-state index is 0.418. The Morgan fingerprint density at radius 2 is 2.25 bits per heavy atom. The van der Waals surface area contributed by atoms with Crippen molar-refractivity contribution in [3.05, 3.63) is 33.9 Å². The number of pyridine rings is 1. The standard InChI is InChI=1S/C11H9Cl2NOS/c1-3-15-6(2)11-7-4-10(13)16-8(7)5-9(12)14-11/h4-5H,2-3H2,1H3. The molecular weight excluding hydrogens is 265 g/mol. The molecule has 0 fully saturated rings.